The SMILES string of the molecule is NNc1nc(-c2cccc(Br)c2)nc2c1CCC2. The summed E-state index contributed by atoms with van der Waals surface area (Å²) in [6.45, 7) is 0. The summed E-state index contributed by atoms with van der Waals surface area (Å²) in [4.78, 5) is 9.15. The Labute approximate surface area is 114 Å². The molecule has 0 atom stereocenters. The van der Waals surface area contributed by atoms with E-state index in [9.17, 15) is 0 Å². The number of nitrogens with two attached hydrogens (primary N) is 1. The lowest BCUT2D eigenvalue weighted by atomic mass is 10.2. The number of rotatable bonds is 2. The number of benzene rings is 1. The van der Waals surface area contributed by atoms with E-state index in [1.807, 2.05) is 24.3 Å². The Bertz CT molecular complexity index is 598. The highest BCUT2D eigenvalue weighted by atomic mass is 79.9. The molecular weight excluding hydrogens is 292 g/mol. The smallest absolute Gasteiger partial charge is 0.161 e. The van der Waals surface area contributed by atoms with Crippen LogP contribution in [0.5, 0.6) is 0 Å². The zero-order valence-corrected chi connectivity index (χ0v) is 11.4. The monoisotopic (exact) mass is 304 g/mol. The summed E-state index contributed by atoms with van der Waals surface area (Å²) in [6, 6.07) is 7.98. The third-order valence-electron chi connectivity index (χ3n) is 3.15. The van der Waals surface area contributed by atoms with Gasteiger partial charge in [-0.25, -0.2) is 15.8 Å². The Morgan fingerprint density at radius 3 is 2.89 bits per heavy atom. The molecule has 0 fully saturated rings. The maximum atomic E-state index is 5.55. The van der Waals surface area contributed by atoms with E-state index in [1.165, 1.54) is 0 Å². The molecule has 5 heteroatoms. The molecule has 1 aromatic heterocycles. The lowest BCUT2D eigenvalue weighted by molar-refractivity contribution is 0.900. The van der Waals surface area contributed by atoms with Crippen LogP contribution in [0.1, 0.15) is 17.7 Å². The first-order valence-electron chi connectivity index (χ1n) is 5.90. The zero-order valence-electron chi connectivity index (χ0n) is 9.78. The molecule has 0 radical (unpaired) electrons. The van der Waals surface area contributed by atoms with E-state index in [-0.39, 0.29) is 0 Å². The van der Waals surface area contributed by atoms with Crippen LogP contribution in [0.15, 0.2) is 28.7 Å². The molecule has 1 aliphatic carbocycles. The quantitative estimate of drug-likeness (QED) is 0.661. The molecule has 0 bridgehead atoms. The van der Waals surface area contributed by atoms with E-state index in [4.69, 9.17) is 5.84 Å². The normalized spacial score (nSPS) is 13.4. The maximum Gasteiger partial charge on any atom is 0.161 e. The summed E-state index contributed by atoms with van der Waals surface area (Å²) in [5.74, 6) is 7.03. The van der Waals surface area contributed by atoms with Gasteiger partial charge in [-0.1, -0.05) is 28.1 Å². The first kappa shape index (κ1) is 11.6. The van der Waals surface area contributed by atoms with Crippen molar-refractivity contribution in [1.29, 1.82) is 0 Å². The van der Waals surface area contributed by atoms with E-state index in [0.29, 0.717) is 0 Å². The van der Waals surface area contributed by atoms with Gasteiger partial charge in [0.25, 0.3) is 0 Å². The zero-order chi connectivity index (χ0) is 12.5. The first-order valence-corrected chi connectivity index (χ1v) is 6.69. The minimum atomic E-state index is 0.727. The summed E-state index contributed by atoms with van der Waals surface area (Å²) in [5, 5.41) is 0. The van der Waals surface area contributed by atoms with E-state index < -0.39 is 0 Å². The molecule has 1 aliphatic rings. The summed E-state index contributed by atoms with van der Waals surface area (Å²) < 4.78 is 1.02. The number of nitrogens with zero attached hydrogens (tertiary/aromatic N) is 2. The van der Waals surface area contributed by atoms with Crippen molar-refractivity contribution in [3.05, 3.63) is 40.0 Å². The van der Waals surface area contributed by atoms with Crippen LogP contribution < -0.4 is 11.3 Å². The highest BCUT2D eigenvalue weighted by Crippen LogP contribution is 2.29. The van der Waals surface area contributed by atoms with Gasteiger partial charge in [0.05, 0.1) is 0 Å². The Morgan fingerprint density at radius 2 is 2.11 bits per heavy atom. The van der Waals surface area contributed by atoms with Gasteiger partial charge in [-0.15, -0.1) is 0 Å². The fourth-order valence-corrected chi connectivity index (χ4v) is 2.71. The molecule has 18 heavy (non-hydrogen) atoms. The average molecular weight is 305 g/mol. The maximum absolute atomic E-state index is 5.55. The third-order valence-corrected chi connectivity index (χ3v) is 3.65. The van der Waals surface area contributed by atoms with Gasteiger partial charge in [0.15, 0.2) is 5.82 Å². The highest BCUT2D eigenvalue weighted by Gasteiger charge is 2.19. The number of nitrogen functional groups attached to an aromatic ring is 1. The van der Waals surface area contributed by atoms with Crippen molar-refractivity contribution in [2.45, 2.75) is 19.3 Å². The molecule has 1 aromatic carbocycles. The van der Waals surface area contributed by atoms with E-state index in [0.717, 1.165) is 52.2 Å². The van der Waals surface area contributed by atoms with Crippen molar-refractivity contribution in [1.82, 2.24) is 9.97 Å². The Kier molecular flexibility index (Phi) is 3.01. The van der Waals surface area contributed by atoms with Gasteiger partial charge >= 0.3 is 0 Å². The van der Waals surface area contributed by atoms with Gasteiger partial charge in [-0.05, 0) is 31.4 Å². The van der Waals surface area contributed by atoms with Gasteiger partial charge in [0, 0.05) is 21.3 Å². The van der Waals surface area contributed by atoms with Crippen molar-refractivity contribution in [2.24, 2.45) is 5.84 Å². The van der Waals surface area contributed by atoms with Crippen LogP contribution in [0.2, 0.25) is 0 Å². The number of fused-ring (bicyclic) bond motifs is 1. The number of aromatic nitrogens is 2. The highest BCUT2D eigenvalue weighted by molar-refractivity contribution is 9.10. The van der Waals surface area contributed by atoms with Crippen LogP contribution in [0.4, 0.5) is 5.82 Å². The predicted molar refractivity (Wildman–Crippen MR) is 75.0 cm³/mol. The predicted octanol–water partition coefficient (Wildman–Crippen LogP) is 2.68. The van der Waals surface area contributed by atoms with Crippen LogP contribution >= 0.6 is 15.9 Å². The van der Waals surface area contributed by atoms with Crippen molar-refractivity contribution < 1.29 is 0 Å². The minimum Gasteiger partial charge on any atom is -0.308 e. The van der Waals surface area contributed by atoms with Crippen molar-refractivity contribution >= 4 is 21.7 Å². The van der Waals surface area contributed by atoms with Crippen LogP contribution in [-0.4, -0.2) is 9.97 Å². The number of hydrogen-bond acceptors (Lipinski definition) is 4. The molecule has 1 heterocycles. The van der Waals surface area contributed by atoms with Crippen molar-refractivity contribution in [3.8, 4) is 11.4 Å². The summed E-state index contributed by atoms with van der Waals surface area (Å²) in [7, 11) is 0. The van der Waals surface area contributed by atoms with E-state index in [1.54, 1.807) is 0 Å². The van der Waals surface area contributed by atoms with Crippen molar-refractivity contribution in [3.63, 3.8) is 0 Å². The lowest BCUT2D eigenvalue weighted by Gasteiger charge is -2.09. The molecule has 0 saturated heterocycles. The Morgan fingerprint density at radius 1 is 1.22 bits per heavy atom. The van der Waals surface area contributed by atoms with Gasteiger partial charge in [-0.2, -0.15) is 0 Å². The number of aryl methyl sites for hydroxylation is 1. The molecule has 2 aromatic rings. The second-order valence-electron chi connectivity index (χ2n) is 4.33. The van der Waals surface area contributed by atoms with Crippen LogP contribution in [0, 0.1) is 0 Å². The number of anilines is 1. The number of hydrogen-bond donors (Lipinski definition) is 2. The topological polar surface area (TPSA) is 63.8 Å². The molecular formula is C13H13BrN4. The fourth-order valence-electron chi connectivity index (χ4n) is 2.31. The Hall–Kier alpha value is -1.46. The number of hydrazine groups is 1. The van der Waals surface area contributed by atoms with Gasteiger partial charge in [-0.3, -0.25) is 0 Å². The molecule has 0 aliphatic heterocycles. The average Bonchev–Trinajstić information content (AvgIpc) is 2.85. The van der Waals surface area contributed by atoms with Crippen LogP contribution in [-0.2, 0) is 12.8 Å². The second-order valence-corrected chi connectivity index (χ2v) is 5.24. The molecule has 92 valence electrons. The van der Waals surface area contributed by atoms with Crippen molar-refractivity contribution in [2.75, 3.05) is 5.43 Å². The summed E-state index contributed by atoms with van der Waals surface area (Å²) in [5.41, 5.74) is 5.97. The largest absolute Gasteiger partial charge is 0.308 e. The van der Waals surface area contributed by atoms with Crippen LogP contribution in [0.3, 0.4) is 0 Å². The van der Waals surface area contributed by atoms with E-state index >= 15 is 0 Å². The minimum absolute atomic E-state index is 0.727. The second kappa shape index (κ2) is 4.66. The molecule has 4 nitrogen and oxygen atoms in total. The molecule has 0 spiro atoms. The number of halogens is 1. The Balaban J connectivity index is 2.13. The molecule has 0 amide bonds. The fraction of sp³-hybridized carbons (Fsp3) is 0.231. The molecule has 0 saturated carbocycles. The summed E-state index contributed by atoms with van der Waals surface area (Å²) in [6.07, 6.45) is 3.14. The number of nitrogens with one attached hydrogen (secondary N) is 1. The standard InChI is InChI=1S/C13H13BrN4/c14-9-4-1-3-8(7-9)12-16-11-6-2-5-10(11)13(17-12)18-15/h1,3-4,7H,2,5-6,15H2,(H,16,17,18). The molecule has 3 rings (SSSR count). The van der Waals surface area contributed by atoms with Gasteiger partial charge in [0.1, 0.15) is 5.82 Å². The molecule has 0 unspecified atom stereocenters. The first-order chi connectivity index (χ1) is 8.78. The van der Waals surface area contributed by atoms with Gasteiger partial charge in [0.2, 0.25) is 0 Å². The molecule has 3 N–H and O–H groups in total. The lowest BCUT2D eigenvalue weighted by Crippen LogP contribution is -2.12. The van der Waals surface area contributed by atoms with E-state index in [2.05, 4.69) is 31.3 Å². The van der Waals surface area contributed by atoms with Crippen LogP contribution in [0.25, 0.3) is 11.4 Å². The summed E-state index contributed by atoms with van der Waals surface area (Å²) >= 11 is 3.46. The van der Waals surface area contributed by atoms with Gasteiger partial charge < -0.3 is 5.43 Å². The third kappa shape index (κ3) is 2.00.